The Morgan fingerprint density at radius 1 is 1.17 bits per heavy atom. The molecule has 0 aliphatic heterocycles. The number of nitrogens with zero attached hydrogens (tertiary/aromatic N) is 2. The Kier molecular flexibility index (Phi) is 4.09. The maximum Gasteiger partial charge on any atom is 0.243 e. The molecule has 3 aromatic rings. The number of aromatic nitrogens is 2. The third kappa shape index (κ3) is 3.08. The average molecular weight is 328 g/mol. The van der Waals surface area contributed by atoms with E-state index in [2.05, 4.69) is 5.32 Å². The summed E-state index contributed by atoms with van der Waals surface area (Å²) in [4.78, 5) is 16.8. The van der Waals surface area contributed by atoms with Crippen molar-refractivity contribution in [2.45, 2.75) is 26.1 Å². The molecule has 0 saturated carbocycles. The van der Waals surface area contributed by atoms with Gasteiger partial charge >= 0.3 is 0 Å². The van der Waals surface area contributed by atoms with Gasteiger partial charge in [0.2, 0.25) is 5.91 Å². The molecular weight excluding hydrogens is 310 g/mol. The van der Waals surface area contributed by atoms with E-state index in [1.165, 1.54) is 5.56 Å². The van der Waals surface area contributed by atoms with Crippen molar-refractivity contribution in [3.8, 4) is 11.3 Å². The maximum absolute atomic E-state index is 12.1. The fourth-order valence-electron chi connectivity index (χ4n) is 2.39. The van der Waals surface area contributed by atoms with Gasteiger partial charge in [0.15, 0.2) is 0 Å². The number of benzene rings is 1. The molecule has 2 aromatic heterocycles. The van der Waals surface area contributed by atoms with Crippen LogP contribution >= 0.6 is 11.6 Å². The van der Waals surface area contributed by atoms with Gasteiger partial charge in [-0.3, -0.25) is 9.20 Å². The molecular formula is C18H18ClN3O. The molecule has 1 aromatic carbocycles. The SMILES string of the molecule is Cc1ccc(-c2nc3cc(C)ccn3c2NC(=O)[C@@H](C)Cl)cc1. The minimum Gasteiger partial charge on any atom is -0.309 e. The first-order chi connectivity index (χ1) is 11.0. The molecule has 23 heavy (non-hydrogen) atoms. The number of aryl methyl sites for hydroxylation is 2. The third-order valence-corrected chi connectivity index (χ3v) is 3.91. The second-order valence-corrected chi connectivity index (χ2v) is 6.37. The van der Waals surface area contributed by atoms with Crippen molar-refractivity contribution < 1.29 is 4.79 Å². The van der Waals surface area contributed by atoms with Crippen LogP contribution in [-0.4, -0.2) is 20.7 Å². The molecule has 0 unspecified atom stereocenters. The Bertz CT molecular complexity index is 866. The molecule has 2 heterocycles. The summed E-state index contributed by atoms with van der Waals surface area (Å²) in [6, 6.07) is 12.0. The molecule has 0 bridgehead atoms. The Hall–Kier alpha value is -2.33. The van der Waals surface area contributed by atoms with Crippen LogP contribution < -0.4 is 5.32 Å². The van der Waals surface area contributed by atoms with Crippen molar-refractivity contribution in [3.05, 3.63) is 53.7 Å². The predicted octanol–water partition coefficient (Wildman–Crippen LogP) is 4.18. The number of hydrogen-bond donors (Lipinski definition) is 1. The van der Waals surface area contributed by atoms with Gasteiger partial charge < -0.3 is 5.32 Å². The molecule has 0 aliphatic rings. The van der Waals surface area contributed by atoms with E-state index in [0.29, 0.717) is 5.82 Å². The summed E-state index contributed by atoms with van der Waals surface area (Å²) < 4.78 is 1.87. The minimum absolute atomic E-state index is 0.248. The van der Waals surface area contributed by atoms with Crippen molar-refractivity contribution >= 4 is 29.0 Å². The van der Waals surface area contributed by atoms with E-state index in [0.717, 1.165) is 22.5 Å². The number of pyridine rings is 1. The van der Waals surface area contributed by atoms with Crippen LogP contribution in [0.1, 0.15) is 18.1 Å². The normalized spacial score (nSPS) is 12.3. The predicted molar refractivity (Wildman–Crippen MR) is 94.0 cm³/mol. The number of imidazole rings is 1. The van der Waals surface area contributed by atoms with Crippen LogP contribution in [0.5, 0.6) is 0 Å². The van der Waals surface area contributed by atoms with Gasteiger partial charge in [0.25, 0.3) is 0 Å². The summed E-state index contributed by atoms with van der Waals surface area (Å²) >= 11 is 5.90. The number of fused-ring (bicyclic) bond motifs is 1. The van der Waals surface area contributed by atoms with E-state index >= 15 is 0 Å². The van der Waals surface area contributed by atoms with E-state index in [4.69, 9.17) is 16.6 Å². The molecule has 4 nitrogen and oxygen atoms in total. The molecule has 0 saturated heterocycles. The standard InChI is InChI=1S/C18H18ClN3O/c1-11-4-6-14(7-5-11)16-17(21-18(23)13(3)19)22-9-8-12(2)10-15(22)20-16/h4-10,13H,1-3H3,(H,21,23)/t13-/m1/s1. The molecule has 1 amide bonds. The largest absolute Gasteiger partial charge is 0.309 e. The molecule has 0 fully saturated rings. The topological polar surface area (TPSA) is 46.4 Å². The number of nitrogens with one attached hydrogen (secondary N) is 1. The number of halogens is 1. The molecule has 0 spiro atoms. The van der Waals surface area contributed by atoms with Crippen molar-refractivity contribution in [3.63, 3.8) is 0 Å². The number of hydrogen-bond acceptors (Lipinski definition) is 2. The second-order valence-electron chi connectivity index (χ2n) is 5.71. The van der Waals surface area contributed by atoms with Gasteiger partial charge in [-0.05, 0) is 38.5 Å². The van der Waals surface area contributed by atoms with Crippen molar-refractivity contribution in [1.29, 1.82) is 0 Å². The minimum atomic E-state index is -0.614. The van der Waals surface area contributed by atoms with Crippen LogP contribution in [0.2, 0.25) is 0 Å². The van der Waals surface area contributed by atoms with Crippen LogP contribution in [-0.2, 0) is 4.79 Å². The number of anilines is 1. The number of carbonyl (C=O) groups excluding carboxylic acids is 1. The second kappa shape index (κ2) is 6.05. The zero-order valence-electron chi connectivity index (χ0n) is 13.3. The first kappa shape index (κ1) is 15.6. The van der Waals surface area contributed by atoms with Gasteiger partial charge in [0.05, 0.1) is 0 Å². The summed E-state index contributed by atoms with van der Waals surface area (Å²) in [5.41, 5.74) is 4.77. The molecule has 5 heteroatoms. The van der Waals surface area contributed by atoms with Crippen molar-refractivity contribution in [2.75, 3.05) is 5.32 Å². The lowest BCUT2D eigenvalue weighted by molar-refractivity contribution is -0.115. The molecule has 118 valence electrons. The van der Waals surface area contributed by atoms with Gasteiger partial charge in [-0.2, -0.15) is 0 Å². The smallest absolute Gasteiger partial charge is 0.243 e. The van der Waals surface area contributed by atoms with Crippen LogP contribution in [0.15, 0.2) is 42.6 Å². The number of alkyl halides is 1. The van der Waals surface area contributed by atoms with Gasteiger partial charge in [0.1, 0.15) is 22.5 Å². The Morgan fingerprint density at radius 2 is 1.87 bits per heavy atom. The monoisotopic (exact) mass is 327 g/mol. The summed E-state index contributed by atoms with van der Waals surface area (Å²) in [5, 5.41) is 2.28. The van der Waals surface area contributed by atoms with Gasteiger partial charge in [0, 0.05) is 11.8 Å². The van der Waals surface area contributed by atoms with E-state index in [9.17, 15) is 4.79 Å². The van der Waals surface area contributed by atoms with Crippen LogP contribution in [0.4, 0.5) is 5.82 Å². The Morgan fingerprint density at radius 3 is 2.52 bits per heavy atom. The summed E-state index contributed by atoms with van der Waals surface area (Å²) in [6.45, 7) is 5.70. The third-order valence-electron chi connectivity index (χ3n) is 3.71. The highest BCUT2D eigenvalue weighted by Crippen LogP contribution is 2.29. The van der Waals surface area contributed by atoms with E-state index < -0.39 is 5.38 Å². The summed E-state index contributed by atoms with van der Waals surface area (Å²) in [6.07, 6.45) is 1.91. The van der Waals surface area contributed by atoms with E-state index in [1.807, 2.05) is 60.8 Å². The first-order valence-electron chi connectivity index (χ1n) is 7.46. The number of carbonyl (C=O) groups is 1. The molecule has 0 aliphatic carbocycles. The lowest BCUT2D eigenvalue weighted by Gasteiger charge is -2.09. The lowest BCUT2D eigenvalue weighted by Crippen LogP contribution is -2.21. The summed E-state index contributed by atoms with van der Waals surface area (Å²) in [5.74, 6) is 0.392. The highest BCUT2D eigenvalue weighted by molar-refractivity contribution is 6.32. The zero-order valence-corrected chi connectivity index (χ0v) is 14.1. The first-order valence-corrected chi connectivity index (χ1v) is 7.90. The van der Waals surface area contributed by atoms with E-state index in [1.54, 1.807) is 6.92 Å². The molecule has 1 atom stereocenters. The van der Waals surface area contributed by atoms with Crippen LogP contribution in [0.3, 0.4) is 0 Å². The number of amides is 1. The molecule has 3 rings (SSSR count). The van der Waals surface area contributed by atoms with Crippen molar-refractivity contribution in [2.24, 2.45) is 0 Å². The average Bonchev–Trinajstić information content (AvgIpc) is 2.85. The van der Waals surface area contributed by atoms with E-state index in [-0.39, 0.29) is 5.91 Å². The molecule has 0 radical (unpaired) electrons. The van der Waals surface area contributed by atoms with Crippen LogP contribution in [0, 0.1) is 13.8 Å². The molecule has 1 N–H and O–H groups in total. The fraction of sp³-hybridized carbons (Fsp3) is 0.222. The van der Waals surface area contributed by atoms with Crippen LogP contribution in [0.25, 0.3) is 16.9 Å². The van der Waals surface area contributed by atoms with Crippen molar-refractivity contribution in [1.82, 2.24) is 9.38 Å². The Labute approximate surface area is 140 Å². The van der Waals surface area contributed by atoms with Gasteiger partial charge in [-0.15, -0.1) is 11.6 Å². The zero-order chi connectivity index (χ0) is 16.6. The Balaban J connectivity index is 2.18. The lowest BCUT2D eigenvalue weighted by atomic mass is 10.1. The highest BCUT2D eigenvalue weighted by Gasteiger charge is 2.18. The maximum atomic E-state index is 12.1. The summed E-state index contributed by atoms with van der Waals surface area (Å²) in [7, 11) is 0. The fourth-order valence-corrected chi connectivity index (χ4v) is 2.45. The highest BCUT2D eigenvalue weighted by atomic mass is 35.5. The van der Waals surface area contributed by atoms with Gasteiger partial charge in [-0.25, -0.2) is 4.98 Å². The number of rotatable bonds is 3. The van der Waals surface area contributed by atoms with Gasteiger partial charge in [-0.1, -0.05) is 29.8 Å². The quantitative estimate of drug-likeness (QED) is 0.733.